The maximum Gasteiger partial charge on any atom is 0.124 e. The second-order valence-corrected chi connectivity index (χ2v) is 4.95. The van der Waals surface area contributed by atoms with Gasteiger partial charge in [-0.3, -0.25) is 4.98 Å². The van der Waals surface area contributed by atoms with Crippen LogP contribution in [0.5, 0.6) is 5.75 Å². The van der Waals surface area contributed by atoms with E-state index in [-0.39, 0.29) is 0 Å². The number of pyridine rings is 1. The van der Waals surface area contributed by atoms with Gasteiger partial charge >= 0.3 is 0 Å². The summed E-state index contributed by atoms with van der Waals surface area (Å²) in [5.41, 5.74) is 2.11. The van der Waals surface area contributed by atoms with E-state index in [4.69, 9.17) is 16.3 Å². The number of hydrogen-bond donors (Lipinski definition) is 1. The van der Waals surface area contributed by atoms with E-state index in [9.17, 15) is 0 Å². The van der Waals surface area contributed by atoms with Crippen molar-refractivity contribution in [2.24, 2.45) is 0 Å². The predicted octanol–water partition coefficient (Wildman–Crippen LogP) is 3.98. The molecule has 0 saturated carbocycles. The molecule has 0 aliphatic rings. The highest BCUT2D eigenvalue weighted by molar-refractivity contribution is 6.31. The molecule has 1 heterocycles. The first kappa shape index (κ1) is 14.8. The van der Waals surface area contributed by atoms with Crippen LogP contribution in [0.3, 0.4) is 0 Å². The van der Waals surface area contributed by atoms with Gasteiger partial charge in [-0.25, -0.2) is 0 Å². The smallest absolute Gasteiger partial charge is 0.124 e. The summed E-state index contributed by atoms with van der Waals surface area (Å²) >= 11 is 6.09. The molecule has 4 heteroatoms. The molecule has 0 bridgehead atoms. The summed E-state index contributed by atoms with van der Waals surface area (Å²) in [5, 5.41) is 3.93. The van der Waals surface area contributed by atoms with E-state index in [1.165, 1.54) is 5.56 Å². The van der Waals surface area contributed by atoms with Crippen LogP contribution in [-0.4, -0.2) is 12.0 Å². The number of halogens is 1. The number of para-hydroxylation sites is 1. The monoisotopic (exact) mass is 290 g/mol. The molecule has 1 unspecified atom stereocenters. The molecule has 106 valence electrons. The zero-order valence-electron chi connectivity index (χ0n) is 11.8. The lowest BCUT2D eigenvalue weighted by Gasteiger charge is -2.19. The van der Waals surface area contributed by atoms with E-state index >= 15 is 0 Å². The van der Waals surface area contributed by atoms with Gasteiger partial charge in [-0.1, -0.05) is 36.7 Å². The van der Waals surface area contributed by atoms with Crippen molar-refractivity contribution in [3.05, 3.63) is 58.9 Å². The van der Waals surface area contributed by atoms with Crippen molar-refractivity contribution in [2.45, 2.75) is 26.0 Å². The number of hydrogen-bond acceptors (Lipinski definition) is 3. The van der Waals surface area contributed by atoms with E-state index < -0.39 is 0 Å². The van der Waals surface area contributed by atoms with Crippen LogP contribution in [0.4, 0.5) is 0 Å². The van der Waals surface area contributed by atoms with Crippen LogP contribution >= 0.6 is 11.6 Å². The lowest BCUT2D eigenvalue weighted by molar-refractivity contribution is 0.299. The van der Waals surface area contributed by atoms with Crippen molar-refractivity contribution in [3.8, 4) is 5.75 Å². The molecule has 1 aromatic carbocycles. The van der Waals surface area contributed by atoms with Gasteiger partial charge in [-0.15, -0.1) is 0 Å². The minimum atomic E-state index is 0.291. The van der Waals surface area contributed by atoms with Gasteiger partial charge in [0.05, 0.1) is 5.02 Å². The van der Waals surface area contributed by atoms with Crippen molar-refractivity contribution >= 4 is 11.6 Å². The van der Waals surface area contributed by atoms with Gasteiger partial charge in [0.1, 0.15) is 12.4 Å². The van der Waals surface area contributed by atoms with Crippen molar-refractivity contribution in [3.63, 3.8) is 0 Å². The first-order valence-corrected chi connectivity index (χ1v) is 7.11. The van der Waals surface area contributed by atoms with Gasteiger partial charge < -0.3 is 10.1 Å². The molecule has 0 amide bonds. The fourth-order valence-electron chi connectivity index (χ4n) is 2.16. The number of nitrogens with one attached hydrogen (secondary N) is 1. The molecule has 20 heavy (non-hydrogen) atoms. The molecule has 0 spiro atoms. The van der Waals surface area contributed by atoms with Gasteiger partial charge in [0.25, 0.3) is 0 Å². The van der Waals surface area contributed by atoms with Crippen LogP contribution < -0.4 is 10.1 Å². The maximum atomic E-state index is 6.09. The number of rotatable bonds is 6. The number of aromatic nitrogens is 1. The normalized spacial score (nSPS) is 12.2. The standard InChI is InChI=1S/C16H19ClN2O/c1-3-15(18-2)13-6-4-5-7-16(13)20-11-12-8-9-19-10-14(12)17/h4-10,15,18H,3,11H2,1-2H3. The highest BCUT2D eigenvalue weighted by Crippen LogP contribution is 2.28. The highest BCUT2D eigenvalue weighted by Gasteiger charge is 2.12. The fourth-order valence-corrected chi connectivity index (χ4v) is 2.33. The minimum Gasteiger partial charge on any atom is -0.489 e. The summed E-state index contributed by atoms with van der Waals surface area (Å²) < 4.78 is 5.94. The number of ether oxygens (including phenoxy) is 1. The summed E-state index contributed by atoms with van der Waals surface area (Å²) in [5.74, 6) is 0.890. The number of benzene rings is 1. The van der Waals surface area contributed by atoms with E-state index in [1.807, 2.05) is 31.3 Å². The second-order valence-electron chi connectivity index (χ2n) is 4.54. The summed E-state index contributed by atoms with van der Waals surface area (Å²) in [4.78, 5) is 3.97. The van der Waals surface area contributed by atoms with E-state index in [0.717, 1.165) is 17.7 Å². The molecule has 0 radical (unpaired) electrons. The van der Waals surface area contributed by atoms with Crippen molar-refractivity contribution in [1.29, 1.82) is 0 Å². The summed E-state index contributed by atoms with van der Waals surface area (Å²) in [7, 11) is 1.96. The summed E-state index contributed by atoms with van der Waals surface area (Å²) in [6.07, 6.45) is 4.36. The molecule has 1 aromatic heterocycles. The molecule has 2 aromatic rings. The summed E-state index contributed by atoms with van der Waals surface area (Å²) in [6.45, 7) is 2.59. The highest BCUT2D eigenvalue weighted by atomic mass is 35.5. The maximum absolute atomic E-state index is 6.09. The van der Waals surface area contributed by atoms with Crippen LogP contribution in [-0.2, 0) is 6.61 Å². The van der Waals surface area contributed by atoms with E-state index in [2.05, 4.69) is 23.3 Å². The predicted molar refractivity (Wildman–Crippen MR) is 82.1 cm³/mol. The Bertz CT molecular complexity index is 556. The molecule has 0 aliphatic carbocycles. The van der Waals surface area contributed by atoms with Crippen LogP contribution in [0.1, 0.15) is 30.5 Å². The third-order valence-electron chi connectivity index (χ3n) is 3.29. The van der Waals surface area contributed by atoms with Crippen LogP contribution in [0, 0.1) is 0 Å². The quantitative estimate of drug-likeness (QED) is 0.873. The third-order valence-corrected chi connectivity index (χ3v) is 3.63. The lowest BCUT2D eigenvalue weighted by Crippen LogP contribution is -2.16. The Morgan fingerprint density at radius 2 is 2.10 bits per heavy atom. The topological polar surface area (TPSA) is 34.1 Å². The van der Waals surface area contributed by atoms with E-state index in [0.29, 0.717) is 17.7 Å². The van der Waals surface area contributed by atoms with Gasteiger partial charge in [0, 0.05) is 29.6 Å². The molecule has 0 aliphatic heterocycles. The van der Waals surface area contributed by atoms with Crippen LogP contribution in [0.25, 0.3) is 0 Å². The Labute approximate surface area is 124 Å². The zero-order chi connectivity index (χ0) is 14.4. The molecule has 0 fully saturated rings. The third kappa shape index (κ3) is 3.50. The van der Waals surface area contributed by atoms with E-state index in [1.54, 1.807) is 12.4 Å². The van der Waals surface area contributed by atoms with Gasteiger partial charge in [-0.2, -0.15) is 0 Å². The number of nitrogens with zero attached hydrogens (tertiary/aromatic N) is 1. The average Bonchev–Trinajstić information content (AvgIpc) is 2.49. The molecule has 1 atom stereocenters. The second kappa shape index (κ2) is 7.27. The first-order valence-electron chi connectivity index (χ1n) is 6.73. The SMILES string of the molecule is CCC(NC)c1ccccc1OCc1ccncc1Cl. The Balaban J connectivity index is 2.16. The fraction of sp³-hybridized carbons (Fsp3) is 0.312. The molecular formula is C16H19ClN2O. The Kier molecular flexibility index (Phi) is 5.39. The van der Waals surface area contributed by atoms with Crippen LogP contribution in [0.2, 0.25) is 5.02 Å². The van der Waals surface area contributed by atoms with Gasteiger partial charge in [0.15, 0.2) is 0 Å². The van der Waals surface area contributed by atoms with Crippen molar-refractivity contribution < 1.29 is 4.74 Å². The molecule has 1 N–H and O–H groups in total. The van der Waals surface area contributed by atoms with Gasteiger partial charge in [0.2, 0.25) is 0 Å². The Morgan fingerprint density at radius 1 is 1.30 bits per heavy atom. The summed E-state index contributed by atoms with van der Waals surface area (Å²) in [6, 6.07) is 10.3. The first-order chi connectivity index (χ1) is 9.76. The molecule has 3 nitrogen and oxygen atoms in total. The Morgan fingerprint density at radius 3 is 2.80 bits per heavy atom. The molecular weight excluding hydrogens is 272 g/mol. The molecule has 0 saturated heterocycles. The minimum absolute atomic E-state index is 0.291. The largest absolute Gasteiger partial charge is 0.489 e. The Hall–Kier alpha value is -1.58. The average molecular weight is 291 g/mol. The van der Waals surface area contributed by atoms with Crippen molar-refractivity contribution in [2.75, 3.05) is 7.05 Å². The molecule has 2 rings (SSSR count). The van der Waals surface area contributed by atoms with Crippen molar-refractivity contribution in [1.82, 2.24) is 10.3 Å². The van der Waals surface area contributed by atoms with Gasteiger partial charge in [-0.05, 0) is 25.6 Å². The van der Waals surface area contributed by atoms with Crippen LogP contribution in [0.15, 0.2) is 42.7 Å². The lowest BCUT2D eigenvalue weighted by atomic mass is 10.0. The zero-order valence-corrected chi connectivity index (χ0v) is 12.5.